The van der Waals surface area contributed by atoms with E-state index in [2.05, 4.69) is 4.42 Å². The summed E-state index contributed by atoms with van der Waals surface area (Å²) >= 11 is -0.591. The van der Waals surface area contributed by atoms with Gasteiger partial charge in [0.05, 0.1) is 0 Å². The van der Waals surface area contributed by atoms with Crippen molar-refractivity contribution in [2.45, 2.75) is 23.9 Å². The summed E-state index contributed by atoms with van der Waals surface area (Å²) in [6.07, 6.45) is 0. The van der Waals surface area contributed by atoms with E-state index in [1.54, 1.807) is 0 Å². The summed E-state index contributed by atoms with van der Waals surface area (Å²) in [6, 6.07) is 6.48. The highest BCUT2D eigenvalue weighted by Crippen LogP contribution is 2.39. The van der Waals surface area contributed by atoms with Crippen molar-refractivity contribution in [3.05, 3.63) is 57.9 Å². The highest BCUT2D eigenvalue weighted by Gasteiger charge is 2.33. The van der Waals surface area contributed by atoms with Gasteiger partial charge in [-0.2, -0.15) is 13.2 Å². The SMILES string of the molecule is Cc1cc(OCc2ccc(F)cc2)c(SC(F)(F)F)c(=O)o1. The molecule has 0 bridgehead atoms. The molecular formula is C14H10F4O3S. The maximum Gasteiger partial charge on any atom is 0.446 e. The van der Waals surface area contributed by atoms with E-state index in [4.69, 9.17) is 4.74 Å². The van der Waals surface area contributed by atoms with Gasteiger partial charge in [0.1, 0.15) is 28.8 Å². The fourth-order valence-corrected chi connectivity index (χ4v) is 2.20. The molecule has 8 heteroatoms. The van der Waals surface area contributed by atoms with Crippen LogP contribution < -0.4 is 10.4 Å². The van der Waals surface area contributed by atoms with Gasteiger partial charge in [0.15, 0.2) is 0 Å². The molecule has 3 nitrogen and oxygen atoms in total. The number of benzene rings is 1. The van der Waals surface area contributed by atoms with Gasteiger partial charge >= 0.3 is 11.1 Å². The lowest BCUT2D eigenvalue weighted by Gasteiger charge is -2.12. The van der Waals surface area contributed by atoms with E-state index in [0.717, 1.165) is 0 Å². The van der Waals surface area contributed by atoms with Gasteiger partial charge in [-0.25, -0.2) is 9.18 Å². The molecule has 2 rings (SSSR count). The number of halogens is 4. The Bertz CT molecular complexity index is 708. The molecule has 0 amide bonds. The number of hydrogen-bond acceptors (Lipinski definition) is 4. The maximum absolute atomic E-state index is 12.8. The molecule has 22 heavy (non-hydrogen) atoms. The molecule has 1 aromatic carbocycles. The first kappa shape index (κ1) is 16.4. The van der Waals surface area contributed by atoms with Gasteiger partial charge in [-0.1, -0.05) is 12.1 Å². The van der Waals surface area contributed by atoms with Gasteiger partial charge < -0.3 is 9.15 Å². The van der Waals surface area contributed by atoms with E-state index in [-0.39, 0.29) is 18.1 Å². The third kappa shape index (κ3) is 4.52. The van der Waals surface area contributed by atoms with E-state index in [9.17, 15) is 22.4 Å². The van der Waals surface area contributed by atoms with Crippen molar-refractivity contribution in [2.75, 3.05) is 0 Å². The molecule has 0 aliphatic carbocycles. The average molecular weight is 334 g/mol. The number of rotatable bonds is 4. The van der Waals surface area contributed by atoms with Crippen LogP contribution in [0.15, 0.2) is 44.4 Å². The van der Waals surface area contributed by atoms with E-state index in [1.807, 2.05) is 0 Å². The van der Waals surface area contributed by atoms with Crippen LogP contribution in [0.1, 0.15) is 11.3 Å². The molecule has 0 atom stereocenters. The minimum absolute atomic E-state index is 0.103. The van der Waals surface area contributed by atoms with Gasteiger partial charge in [-0.05, 0) is 36.4 Å². The largest absolute Gasteiger partial charge is 0.487 e. The van der Waals surface area contributed by atoms with Crippen LogP contribution in [0.5, 0.6) is 5.75 Å². The molecule has 0 N–H and O–H groups in total. The minimum Gasteiger partial charge on any atom is -0.487 e. The van der Waals surface area contributed by atoms with Crippen LogP contribution >= 0.6 is 11.8 Å². The van der Waals surface area contributed by atoms with Crippen LogP contribution in [-0.4, -0.2) is 5.51 Å². The van der Waals surface area contributed by atoms with Crippen molar-refractivity contribution >= 4 is 11.8 Å². The minimum atomic E-state index is -4.64. The van der Waals surface area contributed by atoms with Crippen molar-refractivity contribution < 1.29 is 26.7 Å². The summed E-state index contributed by atoms with van der Waals surface area (Å²) < 4.78 is 60.2. The first-order chi connectivity index (χ1) is 10.2. The lowest BCUT2D eigenvalue weighted by atomic mass is 10.2. The molecule has 0 aliphatic rings. The molecule has 1 heterocycles. The molecular weight excluding hydrogens is 324 g/mol. The van der Waals surface area contributed by atoms with Crippen molar-refractivity contribution in [3.8, 4) is 5.75 Å². The summed E-state index contributed by atoms with van der Waals surface area (Å²) in [6.45, 7) is 1.32. The van der Waals surface area contributed by atoms with Crippen LogP contribution in [0.2, 0.25) is 0 Å². The standard InChI is InChI=1S/C14H10F4O3S/c1-8-6-11(12(13(19)21-8)22-14(16,17)18)20-7-9-2-4-10(15)5-3-9/h2-6H,7H2,1H3. The lowest BCUT2D eigenvalue weighted by molar-refractivity contribution is -0.0330. The van der Waals surface area contributed by atoms with Crippen LogP contribution in [0.25, 0.3) is 0 Å². The number of aryl methyl sites for hydroxylation is 1. The highest BCUT2D eigenvalue weighted by molar-refractivity contribution is 8.00. The Morgan fingerprint density at radius 3 is 2.45 bits per heavy atom. The Hall–Kier alpha value is -1.96. The van der Waals surface area contributed by atoms with Gasteiger partial charge in [0.25, 0.3) is 0 Å². The summed E-state index contributed by atoms with van der Waals surface area (Å²) in [5, 5.41) is 0. The summed E-state index contributed by atoms with van der Waals surface area (Å²) in [5.74, 6) is -0.528. The molecule has 0 fully saturated rings. The quantitative estimate of drug-likeness (QED) is 0.618. The van der Waals surface area contributed by atoms with Crippen molar-refractivity contribution in [1.29, 1.82) is 0 Å². The monoisotopic (exact) mass is 334 g/mol. The molecule has 2 aromatic rings. The Kier molecular flexibility index (Phi) is 4.80. The molecule has 0 spiro atoms. The fraction of sp³-hybridized carbons (Fsp3) is 0.214. The topological polar surface area (TPSA) is 39.4 Å². The Labute approximate surface area is 126 Å². The Balaban J connectivity index is 2.25. The van der Waals surface area contributed by atoms with Crippen molar-refractivity contribution in [3.63, 3.8) is 0 Å². The van der Waals surface area contributed by atoms with Gasteiger partial charge in [-0.3, -0.25) is 0 Å². The van der Waals surface area contributed by atoms with Crippen LogP contribution in [0, 0.1) is 12.7 Å². The number of thioether (sulfide) groups is 1. The first-order valence-corrected chi connectivity index (χ1v) is 6.84. The third-order valence-electron chi connectivity index (χ3n) is 2.52. The van der Waals surface area contributed by atoms with E-state index < -0.39 is 33.6 Å². The van der Waals surface area contributed by atoms with Crippen LogP contribution in [-0.2, 0) is 6.61 Å². The van der Waals surface area contributed by atoms with Crippen LogP contribution in [0.3, 0.4) is 0 Å². The zero-order chi connectivity index (χ0) is 16.3. The van der Waals surface area contributed by atoms with Gasteiger partial charge in [0.2, 0.25) is 0 Å². The Morgan fingerprint density at radius 1 is 1.23 bits per heavy atom. The highest BCUT2D eigenvalue weighted by atomic mass is 32.2. The van der Waals surface area contributed by atoms with E-state index >= 15 is 0 Å². The predicted octanol–water partition coefficient (Wildman–Crippen LogP) is 4.28. The Morgan fingerprint density at radius 2 is 1.86 bits per heavy atom. The summed E-state index contributed by atoms with van der Waals surface area (Å²) in [5.41, 5.74) is -5.20. The lowest BCUT2D eigenvalue weighted by Crippen LogP contribution is -2.11. The molecule has 0 saturated carbocycles. The molecule has 0 saturated heterocycles. The second kappa shape index (κ2) is 6.43. The maximum atomic E-state index is 12.8. The third-order valence-corrected chi connectivity index (χ3v) is 3.33. The van der Waals surface area contributed by atoms with E-state index in [1.165, 1.54) is 37.3 Å². The number of alkyl halides is 3. The molecule has 1 aromatic heterocycles. The van der Waals surface area contributed by atoms with Crippen LogP contribution in [0.4, 0.5) is 17.6 Å². The van der Waals surface area contributed by atoms with Crippen molar-refractivity contribution in [1.82, 2.24) is 0 Å². The zero-order valence-corrected chi connectivity index (χ0v) is 12.1. The fourth-order valence-electron chi connectivity index (χ4n) is 1.63. The number of ether oxygens (including phenoxy) is 1. The average Bonchev–Trinajstić information content (AvgIpc) is 2.40. The van der Waals surface area contributed by atoms with Crippen molar-refractivity contribution in [2.24, 2.45) is 0 Å². The first-order valence-electron chi connectivity index (χ1n) is 6.02. The summed E-state index contributed by atoms with van der Waals surface area (Å²) in [7, 11) is 0. The molecule has 0 radical (unpaired) electrons. The molecule has 0 aliphatic heterocycles. The second-order valence-corrected chi connectivity index (χ2v) is 5.38. The van der Waals surface area contributed by atoms with Gasteiger partial charge in [0, 0.05) is 6.07 Å². The predicted molar refractivity (Wildman–Crippen MR) is 72.4 cm³/mol. The zero-order valence-electron chi connectivity index (χ0n) is 11.2. The second-order valence-electron chi connectivity index (χ2n) is 4.30. The number of hydrogen-bond donors (Lipinski definition) is 0. The smallest absolute Gasteiger partial charge is 0.446 e. The van der Waals surface area contributed by atoms with E-state index in [0.29, 0.717) is 5.56 Å². The molecule has 118 valence electrons. The summed E-state index contributed by atoms with van der Waals surface area (Å²) in [4.78, 5) is 10.9. The van der Waals surface area contributed by atoms with Gasteiger partial charge in [-0.15, -0.1) is 0 Å². The molecule has 0 unspecified atom stereocenters. The normalized spacial score (nSPS) is 11.5.